The Morgan fingerprint density at radius 1 is 1.40 bits per heavy atom. The molecule has 6 heteroatoms. The highest BCUT2D eigenvalue weighted by atomic mass is 32.2. The maximum Gasteiger partial charge on any atom is 0.246 e. The zero-order chi connectivity index (χ0) is 15.3. The van der Waals surface area contributed by atoms with Gasteiger partial charge in [0.05, 0.1) is 13.7 Å². The highest BCUT2D eigenvalue weighted by Crippen LogP contribution is 2.27. The fourth-order valence-electron chi connectivity index (χ4n) is 1.54. The lowest BCUT2D eigenvalue weighted by Crippen LogP contribution is -2.33. The van der Waals surface area contributed by atoms with E-state index in [9.17, 15) is 8.42 Å². The maximum absolute atomic E-state index is 12.6. The van der Waals surface area contributed by atoms with Gasteiger partial charge in [0.25, 0.3) is 0 Å². The summed E-state index contributed by atoms with van der Waals surface area (Å²) in [6.07, 6.45) is 0. The molecule has 0 saturated carbocycles. The van der Waals surface area contributed by atoms with Gasteiger partial charge in [-0.3, -0.25) is 0 Å². The van der Waals surface area contributed by atoms with Crippen molar-refractivity contribution in [2.24, 2.45) is 5.73 Å². The molecule has 0 spiro atoms. The van der Waals surface area contributed by atoms with Crippen LogP contribution in [0.3, 0.4) is 0 Å². The zero-order valence-corrected chi connectivity index (χ0v) is 13.0. The fraction of sp³-hybridized carbons (Fsp3) is 0.429. The normalized spacial score (nSPS) is 11.3. The molecular weight excluding hydrogens is 276 g/mol. The first-order valence-electron chi connectivity index (χ1n) is 6.19. The summed E-state index contributed by atoms with van der Waals surface area (Å²) in [5, 5.41) is 0. The molecule has 0 unspecified atom stereocenters. The van der Waals surface area contributed by atoms with Crippen LogP contribution < -0.4 is 10.5 Å². The second-order valence-corrected chi connectivity index (χ2v) is 6.45. The predicted molar refractivity (Wildman–Crippen MR) is 79.0 cm³/mol. The van der Waals surface area contributed by atoms with Crippen molar-refractivity contribution in [1.29, 1.82) is 0 Å². The van der Waals surface area contributed by atoms with Crippen LogP contribution in [0.25, 0.3) is 0 Å². The molecule has 2 N–H and O–H groups in total. The molecule has 5 nitrogen and oxygen atoms in total. The predicted octanol–water partition coefficient (Wildman–Crippen LogP) is 1.03. The molecule has 0 saturated heterocycles. The Morgan fingerprint density at radius 3 is 2.55 bits per heavy atom. The summed E-state index contributed by atoms with van der Waals surface area (Å²) in [6, 6.07) is 4.66. The zero-order valence-electron chi connectivity index (χ0n) is 12.2. The van der Waals surface area contributed by atoms with Crippen molar-refractivity contribution < 1.29 is 13.2 Å². The first-order chi connectivity index (χ1) is 9.34. The number of nitrogens with zero attached hydrogens (tertiary/aromatic N) is 1. The van der Waals surface area contributed by atoms with Crippen molar-refractivity contribution in [1.82, 2.24) is 4.31 Å². The summed E-state index contributed by atoms with van der Waals surface area (Å²) >= 11 is 0. The van der Waals surface area contributed by atoms with Crippen LogP contribution in [-0.2, 0) is 10.0 Å². The summed E-state index contributed by atoms with van der Waals surface area (Å²) in [4.78, 5) is 0.111. The first-order valence-corrected chi connectivity index (χ1v) is 7.63. The molecule has 110 valence electrons. The summed E-state index contributed by atoms with van der Waals surface area (Å²) in [7, 11) is -0.640. The third-order valence-electron chi connectivity index (χ3n) is 2.88. The lowest BCUT2D eigenvalue weighted by atomic mass is 10.2. The SMILES string of the molecule is COc1ccc(C#CCN)cc1S(=O)(=O)N(C)C(C)C. The average molecular weight is 296 g/mol. The minimum absolute atomic E-state index is 0.111. The number of hydrogen-bond donors (Lipinski definition) is 1. The van der Waals surface area contributed by atoms with E-state index < -0.39 is 10.0 Å². The van der Waals surface area contributed by atoms with Crippen molar-refractivity contribution in [3.05, 3.63) is 23.8 Å². The fourth-order valence-corrected chi connectivity index (χ4v) is 3.09. The Hall–Kier alpha value is -1.55. The van der Waals surface area contributed by atoms with Crippen molar-refractivity contribution in [2.75, 3.05) is 20.7 Å². The number of hydrogen-bond acceptors (Lipinski definition) is 4. The minimum atomic E-state index is -3.62. The molecule has 0 aromatic heterocycles. The second kappa shape index (κ2) is 6.75. The quantitative estimate of drug-likeness (QED) is 0.843. The summed E-state index contributed by atoms with van der Waals surface area (Å²) < 4.78 is 31.5. The van der Waals surface area contributed by atoms with Gasteiger partial charge in [0, 0.05) is 18.7 Å². The smallest absolute Gasteiger partial charge is 0.246 e. The number of rotatable bonds is 4. The van der Waals surface area contributed by atoms with Crippen LogP contribution in [0.4, 0.5) is 0 Å². The highest BCUT2D eigenvalue weighted by Gasteiger charge is 2.26. The van der Waals surface area contributed by atoms with Crippen molar-refractivity contribution in [3.8, 4) is 17.6 Å². The molecule has 0 atom stereocenters. The van der Waals surface area contributed by atoms with E-state index in [4.69, 9.17) is 10.5 Å². The van der Waals surface area contributed by atoms with Gasteiger partial charge >= 0.3 is 0 Å². The van der Waals surface area contributed by atoms with Gasteiger partial charge in [-0.25, -0.2) is 8.42 Å². The Bertz CT molecular complexity index is 628. The summed E-state index contributed by atoms with van der Waals surface area (Å²) in [5.74, 6) is 5.83. The average Bonchev–Trinajstić information content (AvgIpc) is 2.43. The second-order valence-electron chi connectivity index (χ2n) is 4.49. The summed E-state index contributed by atoms with van der Waals surface area (Å²) in [6.45, 7) is 3.84. The van der Waals surface area contributed by atoms with E-state index in [1.54, 1.807) is 12.1 Å². The van der Waals surface area contributed by atoms with Gasteiger partial charge < -0.3 is 10.5 Å². The van der Waals surface area contributed by atoms with Crippen LogP contribution in [-0.4, -0.2) is 39.5 Å². The molecule has 0 radical (unpaired) electrons. The van der Waals surface area contributed by atoms with Crippen LogP contribution in [0.1, 0.15) is 19.4 Å². The van der Waals surface area contributed by atoms with Crippen molar-refractivity contribution in [3.63, 3.8) is 0 Å². The molecular formula is C14H20N2O3S. The number of ether oxygens (including phenoxy) is 1. The molecule has 0 aliphatic carbocycles. The van der Waals surface area contributed by atoms with Crippen molar-refractivity contribution >= 4 is 10.0 Å². The molecule has 0 amide bonds. The molecule has 1 aromatic carbocycles. The highest BCUT2D eigenvalue weighted by molar-refractivity contribution is 7.89. The van der Waals surface area contributed by atoms with Gasteiger partial charge in [-0.1, -0.05) is 11.8 Å². The van der Waals surface area contributed by atoms with Crippen LogP contribution in [0, 0.1) is 11.8 Å². The summed E-state index contributed by atoms with van der Waals surface area (Å²) in [5.41, 5.74) is 5.91. The molecule has 0 heterocycles. The molecule has 20 heavy (non-hydrogen) atoms. The van der Waals surface area contributed by atoms with E-state index in [-0.39, 0.29) is 17.5 Å². The van der Waals surface area contributed by atoms with E-state index in [1.165, 1.54) is 24.5 Å². The maximum atomic E-state index is 12.6. The molecule has 0 bridgehead atoms. The molecule has 1 rings (SSSR count). The third kappa shape index (κ3) is 3.51. The number of benzene rings is 1. The molecule has 0 aliphatic rings. The molecule has 0 aliphatic heterocycles. The van der Waals surface area contributed by atoms with Crippen LogP contribution in [0.2, 0.25) is 0 Å². The monoisotopic (exact) mass is 296 g/mol. The van der Waals surface area contributed by atoms with Crippen LogP contribution in [0.15, 0.2) is 23.1 Å². The standard InChI is InChI=1S/C14H20N2O3S/c1-11(2)16(3)20(17,18)14-10-12(6-5-9-15)7-8-13(14)19-4/h7-8,10-11H,9,15H2,1-4H3. The van der Waals surface area contributed by atoms with Gasteiger partial charge in [-0.15, -0.1) is 0 Å². The van der Waals surface area contributed by atoms with Crippen molar-refractivity contribution in [2.45, 2.75) is 24.8 Å². The molecule has 1 aromatic rings. The lowest BCUT2D eigenvalue weighted by Gasteiger charge is -2.22. The van der Waals surface area contributed by atoms with Gasteiger partial charge in [-0.05, 0) is 32.0 Å². The van der Waals surface area contributed by atoms with E-state index >= 15 is 0 Å². The van der Waals surface area contributed by atoms with E-state index in [2.05, 4.69) is 11.8 Å². The molecule has 0 fully saturated rings. The van der Waals surface area contributed by atoms with Gasteiger partial charge in [0.15, 0.2) is 0 Å². The number of sulfonamides is 1. The number of methoxy groups -OCH3 is 1. The van der Waals surface area contributed by atoms with Gasteiger partial charge in [-0.2, -0.15) is 4.31 Å². The van der Waals surface area contributed by atoms with Gasteiger partial charge in [0.1, 0.15) is 10.6 Å². The van der Waals surface area contributed by atoms with Gasteiger partial charge in [0.2, 0.25) is 10.0 Å². The number of nitrogens with two attached hydrogens (primary N) is 1. The topological polar surface area (TPSA) is 72.6 Å². The van der Waals surface area contributed by atoms with Crippen LogP contribution in [0.5, 0.6) is 5.75 Å². The lowest BCUT2D eigenvalue weighted by molar-refractivity contribution is 0.387. The Kier molecular flexibility index (Phi) is 5.57. The largest absolute Gasteiger partial charge is 0.495 e. The minimum Gasteiger partial charge on any atom is -0.495 e. The van der Waals surface area contributed by atoms with E-state index in [0.717, 1.165) is 0 Å². The Labute approximate surface area is 120 Å². The van der Waals surface area contributed by atoms with E-state index in [0.29, 0.717) is 11.3 Å². The third-order valence-corrected chi connectivity index (χ3v) is 4.94. The first kappa shape index (κ1) is 16.5. The Morgan fingerprint density at radius 2 is 2.05 bits per heavy atom. The Balaban J connectivity index is 3.41. The van der Waals surface area contributed by atoms with Crippen LogP contribution >= 0.6 is 0 Å². The van der Waals surface area contributed by atoms with E-state index in [1.807, 2.05) is 13.8 Å².